The number of rotatable bonds is 2. The van der Waals surface area contributed by atoms with E-state index in [1.807, 2.05) is 18.4 Å². The lowest BCUT2D eigenvalue weighted by Crippen LogP contribution is -2.19. The largest absolute Gasteiger partial charge is 0.332 e. The van der Waals surface area contributed by atoms with Gasteiger partial charge in [-0.2, -0.15) is 0 Å². The van der Waals surface area contributed by atoms with Gasteiger partial charge in [-0.15, -0.1) is 16.4 Å². The average molecular weight is 224 g/mol. The van der Waals surface area contributed by atoms with E-state index in [4.69, 9.17) is 4.84 Å². The smallest absolute Gasteiger partial charge is 0.316 e. The molecule has 15 heavy (non-hydrogen) atoms. The first-order valence-corrected chi connectivity index (χ1v) is 5.08. The molecule has 2 aromatic heterocycles. The first-order chi connectivity index (χ1) is 7.18. The van der Waals surface area contributed by atoms with Gasteiger partial charge in [0, 0.05) is 6.92 Å². The summed E-state index contributed by atoms with van der Waals surface area (Å²) in [6, 6.07) is 1.95. The highest BCUT2D eigenvalue weighted by Gasteiger charge is 2.14. The summed E-state index contributed by atoms with van der Waals surface area (Å²) in [6.07, 6.45) is 0. The molecule has 0 aliphatic carbocycles. The third kappa shape index (κ3) is 1.86. The maximum atomic E-state index is 10.8. The van der Waals surface area contributed by atoms with Crippen LogP contribution in [-0.4, -0.2) is 26.3 Å². The van der Waals surface area contributed by atoms with Crippen LogP contribution >= 0.6 is 11.3 Å². The summed E-state index contributed by atoms with van der Waals surface area (Å²) in [7, 11) is 0. The fraction of sp³-hybridized carbons (Fsp3) is 0.250. The predicted molar refractivity (Wildman–Crippen MR) is 53.1 cm³/mol. The van der Waals surface area contributed by atoms with Crippen molar-refractivity contribution in [2.45, 2.75) is 13.8 Å². The van der Waals surface area contributed by atoms with Gasteiger partial charge in [0.1, 0.15) is 0 Å². The number of aryl methyl sites for hydroxylation is 1. The molecule has 0 bridgehead atoms. The summed E-state index contributed by atoms with van der Waals surface area (Å²) in [5.41, 5.74) is 1.04. The number of carbonyl (C=O) groups is 1. The second-order valence-corrected chi connectivity index (χ2v) is 3.81. The normalized spacial score (nSPS) is 10.3. The zero-order valence-electron chi connectivity index (χ0n) is 8.17. The highest BCUT2D eigenvalue weighted by molar-refractivity contribution is 7.13. The van der Waals surface area contributed by atoms with Crippen molar-refractivity contribution in [2.24, 2.45) is 0 Å². The number of aromatic nitrogens is 4. The quantitative estimate of drug-likeness (QED) is 0.702. The lowest BCUT2D eigenvalue weighted by atomic mass is 10.3. The van der Waals surface area contributed by atoms with Crippen LogP contribution in [-0.2, 0) is 4.79 Å². The Bertz CT molecular complexity index is 490. The molecule has 0 aliphatic heterocycles. The second kappa shape index (κ2) is 3.77. The molecule has 0 aromatic carbocycles. The van der Waals surface area contributed by atoms with Gasteiger partial charge >= 0.3 is 5.97 Å². The molecule has 0 radical (unpaired) electrons. The minimum atomic E-state index is -0.460. The van der Waals surface area contributed by atoms with Gasteiger partial charge in [0.25, 0.3) is 0 Å². The first kappa shape index (κ1) is 9.78. The number of tetrazole rings is 1. The van der Waals surface area contributed by atoms with E-state index in [1.54, 1.807) is 0 Å². The Balaban J connectivity index is 2.41. The number of hydrogen-bond acceptors (Lipinski definition) is 6. The molecule has 6 nitrogen and oxygen atoms in total. The van der Waals surface area contributed by atoms with E-state index in [2.05, 4.69) is 15.5 Å². The van der Waals surface area contributed by atoms with Crippen LogP contribution in [0.3, 0.4) is 0 Å². The van der Waals surface area contributed by atoms with Gasteiger partial charge < -0.3 is 4.84 Å². The Morgan fingerprint density at radius 2 is 2.40 bits per heavy atom. The van der Waals surface area contributed by atoms with E-state index in [-0.39, 0.29) is 0 Å². The number of nitrogens with zero attached hydrogens (tertiary/aromatic N) is 4. The highest BCUT2D eigenvalue weighted by Crippen LogP contribution is 2.25. The van der Waals surface area contributed by atoms with E-state index in [0.29, 0.717) is 5.82 Å². The van der Waals surface area contributed by atoms with Gasteiger partial charge in [-0.3, -0.25) is 0 Å². The van der Waals surface area contributed by atoms with E-state index >= 15 is 0 Å². The van der Waals surface area contributed by atoms with E-state index in [9.17, 15) is 4.79 Å². The summed E-state index contributed by atoms with van der Waals surface area (Å²) < 4.78 is 0. The van der Waals surface area contributed by atoms with Crippen molar-refractivity contribution < 1.29 is 9.63 Å². The van der Waals surface area contributed by atoms with Crippen LogP contribution in [0.5, 0.6) is 0 Å². The monoisotopic (exact) mass is 224 g/mol. The Morgan fingerprint density at radius 1 is 1.60 bits per heavy atom. The molecule has 2 rings (SSSR count). The first-order valence-electron chi connectivity index (χ1n) is 4.20. The highest BCUT2D eigenvalue weighted by atomic mass is 32.1. The predicted octanol–water partition coefficient (Wildman–Crippen LogP) is 0.685. The molecule has 0 atom stereocenters. The molecule has 78 valence electrons. The van der Waals surface area contributed by atoms with Gasteiger partial charge in [0.15, 0.2) is 0 Å². The molecule has 0 saturated heterocycles. The molecule has 2 heterocycles. The lowest BCUT2D eigenvalue weighted by Gasteiger charge is -2.00. The average Bonchev–Trinajstić information content (AvgIpc) is 2.73. The van der Waals surface area contributed by atoms with Gasteiger partial charge in [0.05, 0.1) is 4.88 Å². The second-order valence-electron chi connectivity index (χ2n) is 2.89. The molecular formula is C8H8N4O2S. The van der Waals surface area contributed by atoms with Crippen LogP contribution in [0.1, 0.15) is 12.5 Å². The van der Waals surface area contributed by atoms with Crippen LogP contribution in [0.4, 0.5) is 0 Å². The van der Waals surface area contributed by atoms with Crippen molar-refractivity contribution in [1.29, 1.82) is 0 Å². The van der Waals surface area contributed by atoms with Crippen LogP contribution in [0, 0.1) is 6.92 Å². The minimum Gasteiger partial charge on any atom is -0.316 e. The van der Waals surface area contributed by atoms with Crippen LogP contribution in [0.25, 0.3) is 10.7 Å². The number of hydrogen-bond donors (Lipinski definition) is 0. The van der Waals surface area contributed by atoms with Crippen molar-refractivity contribution >= 4 is 17.3 Å². The third-order valence-corrected chi connectivity index (χ3v) is 2.73. The van der Waals surface area contributed by atoms with Gasteiger partial charge in [0.2, 0.25) is 5.82 Å². The Kier molecular flexibility index (Phi) is 2.46. The van der Waals surface area contributed by atoms with Crippen molar-refractivity contribution in [3.8, 4) is 10.7 Å². The summed E-state index contributed by atoms with van der Waals surface area (Å²) in [5.74, 6) is -0.0181. The molecule has 0 saturated carbocycles. The Labute approximate surface area is 89.4 Å². The minimum absolute atomic E-state index is 0.442. The Hall–Kier alpha value is -1.76. The van der Waals surface area contributed by atoms with E-state index < -0.39 is 5.97 Å². The summed E-state index contributed by atoms with van der Waals surface area (Å²) in [4.78, 5) is 17.5. The van der Waals surface area contributed by atoms with Gasteiger partial charge in [-0.1, -0.05) is 0 Å². The molecule has 7 heteroatoms. The van der Waals surface area contributed by atoms with Gasteiger partial charge in [-0.25, -0.2) is 4.79 Å². The third-order valence-electron chi connectivity index (χ3n) is 1.72. The molecule has 2 aromatic rings. The molecule has 0 fully saturated rings. The van der Waals surface area contributed by atoms with Crippen molar-refractivity contribution in [3.05, 3.63) is 17.0 Å². The summed E-state index contributed by atoms with van der Waals surface area (Å²) in [5, 5.41) is 12.8. The van der Waals surface area contributed by atoms with Crippen LogP contribution in [0.15, 0.2) is 11.4 Å². The molecule has 0 spiro atoms. The van der Waals surface area contributed by atoms with Crippen LogP contribution < -0.4 is 4.84 Å². The van der Waals surface area contributed by atoms with Crippen molar-refractivity contribution in [3.63, 3.8) is 0 Å². The fourth-order valence-corrected chi connectivity index (χ4v) is 1.98. The maximum Gasteiger partial charge on any atom is 0.332 e. The number of thiophene rings is 1. The van der Waals surface area contributed by atoms with Crippen molar-refractivity contribution in [2.75, 3.05) is 0 Å². The molecule has 0 aliphatic rings. The van der Waals surface area contributed by atoms with Crippen molar-refractivity contribution in [1.82, 2.24) is 20.4 Å². The number of carbonyl (C=O) groups excluding carboxylic acids is 1. The van der Waals surface area contributed by atoms with E-state index in [0.717, 1.165) is 15.3 Å². The summed E-state index contributed by atoms with van der Waals surface area (Å²) in [6.45, 7) is 3.24. The van der Waals surface area contributed by atoms with E-state index in [1.165, 1.54) is 18.3 Å². The molecule has 0 N–H and O–H groups in total. The Morgan fingerprint density at radius 3 is 3.00 bits per heavy atom. The van der Waals surface area contributed by atoms with Crippen LogP contribution in [0.2, 0.25) is 0 Å². The van der Waals surface area contributed by atoms with Gasteiger partial charge in [-0.05, 0) is 39.2 Å². The lowest BCUT2D eigenvalue weighted by molar-refractivity contribution is -0.143. The maximum absolute atomic E-state index is 10.8. The zero-order chi connectivity index (χ0) is 10.8. The summed E-state index contributed by atoms with van der Waals surface area (Å²) >= 11 is 1.49. The molecular weight excluding hydrogens is 216 g/mol. The fourth-order valence-electron chi connectivity index (χ4n) is 1.10. The SMILES string of the molecule is CC(=O)On1nnnc1-c1sccc1C. The topological polar surface area (TPSA) is 69.9 Å². The zero-order valence-corrected chi connectivity index (χ0v) is 8.98. The molecule has 0 unspecified atom stereocenters. The standard InChI is InChI=1S/C8H8N4O2S/c1-5-3-4-15-7(5)8-9-10-11-12(8)14-6(2)13/h3-4H,1-2H3. The molecule has 0 amide bonds.